The highest BCUT2D eigenvalue weighted by atomic mass is 16.2. The van der Waals surface area contributed by atoms with Gasteiger partial charge >= 0.3 is 0 Å². The molecule has 2 N–H and O–H groups in total. The summed E-state index contributed by atoms with van der Waals surface area (Å²) in [5.74, 6) is 0.947. The number of hydrogen-bond acceptors (Lipinski definition) is 3. The van der Waals surface area contributed by atoms with Crippen LogP contribution in [0.3, 0.4) is 0 Å². The normalized spacial score (nSPS) is 14.9. The molecule has 0 aromatic carbocycles. The molecular formula is C31H62N2O2. The van der Waals surface area contributed by atoms with Crippen LogP contribution < -0.4 is 10.6 Å². The molecule has 0 aromatic rings. The van der Waals surface area contributed by atoms with Gasteiger partial charge < -0.3 is 10.6 Å². The van der Waals surface area contributed by atoms with Crippen molar-refractivity contribution in [1.82, 2.24) is 10.6 Å². The Balaban J connectivity index is 4.73. The van der Waals surface area contributed by atoms with E-state index in [1.165, 1.54) is 89.9 Å². The Bertz CT molecular complexity index is 508. The van der Waals surface area contributed by atoms with Crippen LogP contribution >= 0.6 is 0 Å². The van der Waals surface area contributed by atoms with Crippen molar-refractivity contribution in [1.29, 1.82) is 0 Å². The fraction of sp³-hybridized carbons (Fsp3) is 0.935. The van der Waals surface area contributed by atoms with Gasteiger partial charge in [0.15, 0.2) is 0 Å². The second-order valence-corrected chi connectivity index (χ2v) is 11.1. The summed E-state index contributed by atoms with van der Waals surface area (Å²) >= 11 is 0. The van der Waals surface area contributed by atoms with Gasteiger partial charge in [-0.05, 0) is 38.6 Å². The Morgan fingerprint density at radius 1 is 0.600 bits per heavy atom. The molecule has 0 saturated carbocycles. The summed E-state index contributed by atoms with van der Waals surface area (Å²) in [7, 11) is 1.86. The van der Waals surface area contributed by atoms with Crippen LogP contribution in [-0.4, -0.2) is 25.4 Å². The predicted molar refractivity (Wildman–Crippen MR) is 153 cm³/mol. The highest BCUT2D eigenvalue weighted by molar-refractivity contribution is 5.80. The van der Waals surface area contributed by atoms with Crippen LogP contribution in [0, 0.1) is 23.7 Å². The minimum atomic E-state index is -0.0149. The molecule has 4 atom stereocenters. The maximum Gasteiger partial charge on any atom is 0.224 e. The molecule has 1 amide bonds. The molecule has 0 aliphatic rings. The molecule has 0 aliphatic heterocycles. The molecule has 208 valence electrons. The number of unbranched alkanes of at least 4 members (excludes halogenated alkanes) is 14. The fourth-order valence-electron chi connectivity index (χ4n) is 5.50. The molecule has 0 bridgehead atoms. The third-order valence-corrected chi connectivity index (χ3v) is 8.13. The molecule has 0 fully saturated rings. The average Bonchev–Trinajstić information content (AvgIpc) is 2.84. The first-order valence-electron chi connectivity index (χ1n) is 15.3. The van der Waals surface area contributed by atoms with Crippen LogP contribution in [0.5, 0.6) is 0 Å². The SMILES string of the molecule is CCCCCCCCCCC(C(C)=O)C(C)C(C)C(CCCCCCCCCC)C(=O)NCNC. The Hall–Kier alpha value is -0.900. The maximum absolute atomic E-state index is 13.0. The molecule has 0 heterocycles. The molecule has 0 spiro atoms. The van der Waals surface area contributed by atoms with E-state index in [2.05, 4.69) is 38.3 Å². The molecule has 4 nitrogen and oxygen atoms in total. The van der Waals surface area contributed by atoms with Crippen LogP contribution in [0.25, 0.3) is 0 Å². The van der Waals surface area contributed by atoms with E-state index in [9.17, 15) is 9.59 Å². The Labute approximate surface area is 219 Å². The smallest absolute Gasteiger partial charge is 0.224 e. The molecule has 4 heteroatoms. The van der Waals surface area contributed by atoms with Crippen molar-refractivity contribution in [3.8, 4) is 0 Å². The summed E-state index contributed by atoms with van der Waals surface area (Å²) in [6.07, 6.45) is 22.4. The molecule has 0 aliphatic carbocycles. The van der Waals surface area contributed by atoms with Gasteiger partial charge in [-0.3, -0.25) is 9.59 Å². The molecule has 0 saturated heterocycles. The summed E-state index contributed by atoms with van der Waals surface area (Å²) < 4.78 is 0. The lowest BCUT2D eigenvalue weighted by Gasteiger charge is -2.32. The zero-order valence-electron chi connectivity index (χ0n) is 24.6. The van der Waals surface area contributed by atoms with Crippen LogP contribution in [0.1, 0.15) is 150 Å². The molecule has 4 unspecified atom stereocenters. The van der Waals surface area contributed by atoms with E-state index in [0.717, 1.165) is 25.7 Å². The van der Waals surface area contributed by atoms with Crippen molar-refractivity contribution < 1.29 is 9.59 Å². The number of carbonyl (C=O) groups is 2. The van der Waals surface area contributed by atoms with Gasteiger partial charge in [0, 0.05) is 11.8 Å². The third-order valence-electron chi connectivity index (χ3n) is 8.13. The maximum atomic E-state index is 13.0. The Morgan fingerprint density at radius 3 is 1.37 bits per heavy atom. The van der Waals surface area contributed by atoms with E-state index >= 15 is 0 Å². The topological polar surface area (TPSA) is 58.2 Å². The van der Waals surface area contributed by atoms with Gasteiger partial charge in [0.25, 0.3) is 0 Å². The average molecular weight is 495 g/mol. The summed E-state index contributed by atoms with van der Waals surface area (Å²) in [5, 5.41) is 6.09. The quantitative estimate of drug-likeness (QED) is 0.0988. The van der Waals surface area contributed by atoms with Crippen LogP contribution in [0.4, 0.5) is 0 Å². The zero-order valence-corrected chi connectivity index (χ0v) is 24.6. The van der Waals surface area contributed by atoms with Gasteiger partial charge in [-0.25, -0.2) is 0 Å². The lowest BCUT2D eigenvalue weighted by atomic mass is 9.72. The molecule has 0 radical (unpaired) electrons. The molecule has 0 rings (SSSR count). The number of hydrogen-bond donors (Lipinski definition) is 2. The fourth-order valence-corrected chi connectivity index (χ4v) is 5.50. The van der Waals surface area contributed by atoms with E-state index in [-0.39, 0.29) is 29.6 Å². The molecule has 35 heavy (non-hydrogen) atoms. The third kappa shape index (κ3) is 17.2. The highest BCUT2D eigenvalue weighted by Gasteiger charge is 2.33. The van der Waals surface area contributed by atoms with Gasteiger partial charge in [0.1, 0.15) is 5.78 Å². The second kappa shape index (κ2) is 23.5. The van der Waals surface area contributed by atoms with Crippen LogP contribution in [0.2, 0.25) is 0 Å². The zero-order chi connectivity index (χ0) is 26.3. The highest BCUT2D eigenvalue weighted by Crippen LogP contribution is 2.34. The van der Waals surface area contributed by atoms with Crippen molar-refractivity contribution in [3.05, 3.63) is 0 Å². The minimum Gasteiger partial charge on any atom is -0.343 e. The van der Waals surface area contributed by atoms with Crippen molar-refractivity contribution in [2.45, 2.75) is 150 Å². The van der Waals surface area contributed by atoms with Crippen molar-refractivity contribution in [3.63, 3.8) is 0 Å². The summed E-state index contributed by atoms with van der Waals surface area (Å²) in [6.45, 7) is 11.2. The lowest BCUT2D eigenvalue weighted by molar-refractivity contribution is -0.130. The largest absolute Gasteiger partial charge is 0.343 e. The minimum absolute atomic E-state index is 0.0149. The standard InChI is InChI=1S/C31H62N2O2/c1-7-9-11-13-15-17-19-21-23-29(28(5)34)26(3)27(4)30(31(35)33-25-32-6)24-22-20-18-16-14-12-10-8-2/h26-27,29-30,32H,7-25H2,1-6H3,(H,33,35). The van der Waals surface area contributed by atoms with E-state index in [4.69, 9.17) is 0 Å². The number of Topliss-reactive ketones (excluding diaryl/α,β-unsaturated/α-hetero) is 1. The first-order chi connectivity index (χ1) is 16.9. The van der Waals surface area contributed by atoms with Gasteiger partial charge in [0.05, 0.1) is 6.67 Å². The first kappa shape index (κ1) is 34.1. The number of nitrogens with one attached hydrogen (secondary N) is 2. The van der Waals surface area contributed by atoms with Gasteiger partial charge in [0.2, 0.25) is 5.91 Å². The van der Waals surface area contributed by atoms with E-state index < -0.39 is 0 Å². The Kier molecular flexibility index (Phi) is 22.9. The van der Waals surface area contributed by atoms with Crippen LogP contribution in [-0.2, 0) is 9.59 Å². The Morgan fingerprint density at radius 2 is 0.971 bits per heavy atom. The number of amides is 1. The number of rotatable bonds is 25. The monoisotopic (exact) mass is 494 g/mol. The van der Waals surface area contributed by atoms with E-state index in [1.54, 1.807) is 6.92 Å². The van der Waals surface area contributed by atoms with E-state index in [1.807, 2.05) is 7.05 Å². The van der Waals surface area contributed by atoms with Crippen molar-refractivity contribution >= 4 is 11.7 Å². The number of ketones is 1. The summed E-state index contributed by atoms with van der Waals surface area (Å²) in [6, 6.07) is 0. The number of carbonyl (C=O) groups excluding carboxylic acids is 2. The van der Waals surface area contributed by atoms with Gasteiger partial charge in [-0.15, -0.1) is 0 Å². The summed E-state index contributed by atoms with van der Waals surface area (Å²) in [4.78, 5) is 25.6. The van der Waals surface area contributed by atoms with Crippen LogP contribution in [0.15, 0.2) is 0 Å². The van der Waals surface area contributed by atoms with E-state index in [0.29, 0.717) is 12.5 Å². The molecule has 0 aromatic heterocycles. The van der Waals surface area contributed by atoms with Gasteiger partial charge in [-0.2, -0.15) is 0 Å². The lowest BCUT2D eigenvalue weighted by Crippen LogP contribution is -2.41. The summed E-state index contributed by atoms with van der Waals surface area (Å²) in [5.41, 5.74) is 0. The predicted octanol–water partition coefficient (Wildman–Crippen LogP) is 8.43. The second-order valence-electron chi connectivity index (χ2n) is 11.1. The van der Waals surface area contributed by atoms with Crippen molar-refractivity contribution in [2.75, 3.05) is 13.7 Å². The molecular weight excluding hydrogens is 432 g/mol. The first-order valence-corrected chi connectivity index (χ1v) is 15.3. The van der Waals surface area contributed by atoms with Crippen molar-refractivity contribution in [2.24, 2.45) is 23.7 Å². The van der Waals surface area contributed by atoms with Gasteiger partial charge in [-0.1, -0.05) is 130 Å².